The minimum Gasteiger partial charge on any atom is -0.493 e. The molecule has 5 heteroatoms. The largest absolute Gasteiger partial charge is 0.493 e. The molecular formula is C17H25NO4. The summed E-state index contributed by atoms with van der Waals surface area (Å²) in [5.41, 5.74) is 0.749. The molecule has 0 heterocycles. The molecule has 0 spiro atoms. The van der Waals surface area contributed by atoms with Crippen molar-refractivity contribution in [3.63, 3.8) is 0 Å². The van der Waals surface area contributed by atoms with E-state index in [1.807, 2.05) is 13.0 Å². The Kier molecular flexibility index (Phi) is 7.29. The maximum atomic E-state index is 11.9. The normalized spacial score (nSPS) is 12.0. The summed E-state index contributed by atoms with van der Waals surface area (Å²) in [6.07, 6.45) is 5.19. The van der Waals surface area contributed by atoms with E-state index in [1.165, 1.54) is 6.08 Å². The predicted octanol–water partition coefficient (Wildman–Crippen LogP) is 3.03. The zero-order chi connectivity index (χ0) is 16.5. The number of rotatable bonds is 8. The smallest absolute Gasteiger partial charge is 0.244 e. The molecule has 1 N–H and O–H groups in total. The minimum atomic E-state index is -0.127. The monoisotopic (exact) mass is 307 g/mol. The van der Waals surface area contributed by atoms with E-state index in [0.717, 1.165) is 18.4 Å². The summed E-state index contributed by atoms with van der Waals surface area (Å²) in [7, 11) is 4.67. The molecule has 1 aromatic carbocycles. The Morgan fingerprint density at radius 3 is 2.41 bits per heavy atom. The topological polar surface area (TPSA) is 56.8 Å². The van der Waals surface area contributed by atoms with E-state index in [9.17, 15) is 4.79 Å². The Balaban J connectivity index is 2.93. The Morgan fingerprint density at radius 1 is 1.18 bits per heavy atom. The van der Waals surface area contributed by atoms with E-state index in [4.69, 9.17) is 14.2 Å². The highest BCUT2D eigenvalue weighted by Gasteiger charge is 2.14. The molecule has 1 amide bonds. The van der Waals surface area contributed by atoms with Gasteiger partial charge >= 0.3 is 0 Å². The number of amides is 1. The van der Waals surface area contributed by atoms with Crippen molar-refractivity contribution in [2.24, 2.45) is 0 Å². The number of hydrogen-bond acceptors (Lipinski definition) is 4. The lowest BCUT2D eigenvalue weighted by molar-refractivity contribution is -0.117. The lowest BCUT2D eigenvalue weighted by atomic mass is 10.1. The van der Waals surface area contributed by atoms with Crippen LogP contribution in [0.3, 0.4) is 0 Å². The maximum Gasteiger partial charge on any atom is 0.244 e. The SMILES string of the molecule is CCCC(C)NC(=O)/C=C/c1ccc(OC)c(OC)c1OC. The Hall–Kier alpha value is -2.17. The third-order valence-corrected chi connectivity index (χ3v) is 3.26. The molecular weight excluding hydrogens is 282 g/mol. The van der Waals surface area contributed by atoms with E-state index >= 15 is 0 Å². The quantitative estimate of drug-likeness (QED) is 0.750. The highest BCUT2D eigenvalue weighted by atomic mass is 16.5. The van der Waals surface area contributed by atoms with Gasteiger partial charge < -0.3 is 19.5 Å². The second-order valence-electron chi connectivity index (χ2n) is 4.96. The number of nitrogens with one attached hydrogen (secondary N) is 1. The van der Waals surface area contributed by atoms with Crippen LogP contribution in [0.2, 0.25) is 0 Å². The molecule has 0 aromatic heterocycles. The van der Waals surface area contributed by atoms with Gasteiger partial charge in [0.25, 0.3) is 0 Å². The van der Waals surface area contributed by atoms with Crippen molar-refractivity contribution in [3.05, 3.63) is 23.8 Å². The molecule has 1 rings (SSSR count). The van der Waals surface area contributed by atoms with Crippen molar-refractivity contribution in [3.8, 4) is 17.2 Å². The number of benzene rings is 1. The van der Waals surface area contributed by atoms with Crippen LogP contribution in [-0.2, 0) is 4.79 Å². The molecule has 1 aromatic rings. The summed E-state index contributed by atoms with van der Waals surface area (Å²) in [5.74, 6) is 1.50. The molecule has 0 saturated heterocycles. The molecule has 0 aliphatic heterocycles. The molecule has 22 heavy (non-hydrogen) atoms. The Bertz CT molecular complexity index is 526. The summed E-state index contributed by atoms with van der Waals surface area (Å²) in [4.78, 5) is 11.9. The summed E-state index contributed by atoms with van der Waals surface area (Å²) >= 11 is 0. The fraction of sp³-hybridized carbons (Fsp3) is 0.471. The van der Waals surface area contributed by atoms with Crippen LogP contribution in [0, 0.1) is 0 Å². The van der Waals surface area contributed by atoms with Crippen molar-refractivity contribution in [1.29, 1.82) is 0 Å². The van der Waals surface area contributed by atoms with Crippen LogP contribution in [0.5, 0.6) is 17.2 Å². The average molecular weight is 307 g/mol. The number of carbonyl (C=O) groups is 1. The number of carbonyl (C=O) groups excluding carboxylic acids is 1. The number of methoxy groups -OCH3 is 3. The minimum absolute atomic E-state index is 0.127. The third kappa shape index (κ3) is 4.69. The van der Waals surface area contributed by atoms with Gasteiger partial charge in [-0.15, -0.1) is 0 Å². The van der Waals surface area contributed by atoms with Crippen LogP contribution in [0.25, 0.3) is 6.08 Å². The van der Waals surface area contributed by atoms with Crippen LogP contribution in [0.1, 0.15) is 32.3 Å². The Morgan fingerprint density at radius 2 is 1.86 bits per heavy atom. The summed E-state index contributed by atoms with van der Waals surface area (Å²) in [6, 6.07) is 3.76. The highest BCUT2D eigenvalue weighted by Crippen LogP contribution is 2.40. The molecule has 0 bridgehead atoms. The van der Waals surface area contributed by atoms with Gasteiger partial charge in [-0.25, -0.2) is 0 Å². The molecule has 0 aliphatic carbocycles. The van der Waals surface area contributed by atoms with Crippen LogP contribution in [-0.4, -0.2) is 33.3 Å². The van der Waals surface area contributed by atoms with Gasteiger partial charge in [0, 0.05) is 17.7 Å². The average Bonchev–Trinajstić information content (AvgIpc) is 2.51. The number of hydrogen-bond donors (Lipinski definition) is 1. The van der Waals surface area contributed by atoms with Crippen molar-refractivity contribution in [2.75, 3.05) is 21.3 Å². The summed E-state index contributed by atoms with van der Waals surface area (Å²) in [5, 5.41) is 2.92. The molecule has 0 saturated carbocycles. The van der Waals surface area contributed by atoms with Gasteiger partial charge in [-0.05, 0) is 31.6 Å². The zero-order valence-electron chi connectivity index (χ0n) is 13.9. The molecule has 122 valence electrons. The van der Waals surface area contributed by atoms with E-state index in [0.29, 0.717) is 17.2 Å². The maximum absolute atomic E-state index is 11.9. The fourth-order valence-corrected chi connectivity index (χ4v) is 2.22. The summed E-state index contributed by atoms with van der Waals surface area (Å²) in [6.45, 7) is 4.08. The van der Waals surface area contributed by atoms with Gasteiger partial charge in [-0.2, -0.15) is 0 Å². The van der Waals surface area contributed by atoms with Crippen LogP contribution < -0.4 is 19.5 Å². The van der Waals surface area contributed by atoms with Crippen molar-refractivity contribution in [1.82, 2.24) is 5.32 Å². The van der Waals surface area contributed by atoms with Gasteiger partial charge in [0.05, 0.1) is 21.3 Å². The van der Waals surface area contributed by atoms with E-state index in [-0.39, 0.29) is 11.9 Å². The van der Waals surface area contributed by atoms with Crippen LogP contribution in [0.15, 0.2) is 18.2 Å². The number of ether oxygens (including phenoxy) is 3. The first-order chi connectivity index (χ1) is 10.6. The lowest BCUT2D eigenvalue weighted by Crippen LogP contribution is -2.30. The molecule has 0 fully saturated rings. The van der Waals surface area contributed by atoms with E-state index in [1.54, 1.807) is 33.5 Å². The first-order valence-electron chi connectivity index (χ1n) is 7.34. The predicted molar refractivity (Wildman–Crippen MR) is 87.6 cm³/mol. The van der Waals surface area contributed by atoms with Gasteiger partial charge in [-0.3, -0.25) is 4.79 Å². The fourth-order valence-electron chi connectivity index (χ4n) is 2.22. The second-order valence-corrected chi connectivity index (χ2v) is 4.96. The molecule has 1 unspecified atom stereocenters. The third-order valence-electron chi connectivity index (χ3n) is 3.26. The standard InChI is InChI=1S/C17H25NO4/c1-6-7-12(2)18-15(19)11-9-13-8-10-14(20-3)17(22-5)16(13)21-4/h8-12H,6-7H2,1-5H3,(H,18,19)/b11-9+. The molecule has 5 nitrogen and oxygen atoms in total. The van der Waals surface area contributed by atoms with Gasteiger partial charge in [0.2, 0.25) is 11.7 Å². The van der Waals surface area contributed by atoms with Gasteiger partial charge in [0.15, 0.2) is 11.5 Å². The lowest BCUT2D eigenvalue weighted by Gasteiger charge is -2.14. The zero-order valence-corrected chi connectivity index (χ0v) is 13.9. The van der Waals surface area contributed by atoms with Crippen LogP contribution in [0.4, 0.5) is 0 Å². The first-order valence-corrected chi connectivity index (χ1v) is 7.34. The van der Waals surface area contributed by atoms with Gasteiger partial charge in [-0.1, -0.05) is 13.3 Å². The molecule has 0 radical (unpaired) electrons. The summed E-state index contributed by atoms with van der Waals surface area (Å²) < 4.78 is 15.9. The highest BCUT2D eigenvalue weighted by molar-refractivity contribution is 5.92. The molecule has 0 aliphatic rings. The van der Waals surface area contributed by atoms with E-state index in [2.05, 4.69) is 12.2 Å². The van der Waals surface area contributed by atoms with Crippen molar-refractivity contribution < 1.29 is 19.0 Å². The second kappa shape index (κ2) is 8.97. The van der Waals surface area contributed by atoms with E-state index < -0.39 is 0 Å². The molecule has 1 atom stereocenters. The first kappa shape index (κ1) is 17.9. The van der Waals surface area contributed by atoms with Gasteiger partial charge in [0.1, 0.15) is 0 Å². The van der Waals surface area contributed by atoms with Crippen molar-refractivity contribution >= 4 is 12.0 Å². The Labute approximate surface area is 132 Å². The van der Waals surface area contributed by atoms with Crippen LogP contribution >= 0.6 is 0 Å². The van der Waals surface area contributed by atoms with Crippen molar-refractivity contribution in [2.45, 2.75) is 32.7 Å².